The zero-order valence-corrected chi connectivity index (χ0v) is 15.9. The van der Waals surface area contributed by atoms with Gasteiger partial charge in [-0.05, 0) is 39.0 Å². The Balaban J connectivity index is 1.99. The van der Waals surface area contributed by atoms with Gasteiger partial charge in [-0.2, -0.15) is 0 Å². The van der Waals surface area contributed by atoms with E-state index in [1.807, 2.05) is 6.92 Å². The highest BCUT2D eigenvalue weighted by Gasteiger charge is 2.23. The lowest BCUT2D eigenvalue weighted by atomic mass is 10.2. The quantitative estimate of drug-likeness (QED) is 0.727. The Morgan fingerprint density at radius 1 is 1.38 bits per heavy atom. The Labute approximate surface area is 153 Å². The van der Waals surface area contributed by atoms with Crippen molar-refractivity contribution >= 4 is 21.9 Å². The first-order valence-corrected chi connectivity index (χ1v) is 9.86. The highest BCUT2D eigenvalue weighted by Crippen LogP contribution is 2.13. The van der Waals surface area contributed by atoms with Gasteiger partial charge in [0.05, 0.1) is 23.2 Å². The van der Waals surface area contributed by atoms with Crippen molar-refractivity contribution in [2.45, 2.75) is 37.8 Å². The Bertz CT molecular complexity index is 762. The van der Waals surface area contributed by atoms with Gasteiger partial charge in [-0.25, -0.2) is 17.9 Å². The fraction of sp³-hybridized carbons (Fsp3) is 0.529. The molecule has 144 valence electrons. The van der Waals surface area contributed by atoms with Crippen LogP contribution in [-0.4, -0.2) is 63.6 Å². The number of nitrogens with one attached hydrogen (secondary N) is 1. The molecule has 1 amide bonds. The lowest BCUT2D eigenvalue weighted by molar-refractivity contribution is -0.141. The van der Waals surface area contributed by atoms with Gasteiger partial charge >= 0.3 is 5.97 Å². The molecule has 2 rings (SSSR count). The van der Waals surface area contributed by atoms with Crippen LogP contribution in [0, 0.1) is 0 Å². The van der Waals surface area contributed by atoms with Crippen LogP contribution in [0.25, 0.3) is 0 Å². The average molecular weight is 384 g/mol. The molecule has 0 aliphatic carbocycles. The van der Waals surface area contributed by atoms with Gasteiger partial charge in [-0.3, -0.25) is 4.79 Å². The number of esters is 1. The minimum absolute atomic E-state index is 0.0334. The first-order chi connectivity index (χ1) is 12.2. The lowest BCUT2D eigenvalue weighted by Crippen LogP contribution is -2.46. The molecule has 1 unspecified atom stereocenters. The van der Waals surface area contributed by atoms with E-state index >= 15 is 0 Å². The van der Waals surface area contributed by atoms with Crippen molar-refractivity contribution in [1.29, 1.82) is 0 Å². The number of ether oxygens (including phenoxy) is 2. The zero-order chi connectivity index (χ0) is 19.3. The van der Waals surface area contributed by atoms with Gasteiger partial charge in [0.15, 0.2) is 6.61 Å². The van der Waals surface area contributed by atoms with Gasteiger partial charge in [0.1, 0.15) is 0 Å². The predicted molar refractivity (Wildman–Crippen MR) is 94.2 cm³/mol. The van der Waals surface area contributed by atoms with E-state index in [1.54, 1.807) is 18.7 Å². The maximum atomic E-state index is 12.2. The van der Waals surface area contributed by atoms with Crippen LogP contribution in [0.1, 0.15) is 31.1 Å². The molecule has 0 bridgehead atoms. The Morgan fingerprint density at radius 3 is 2.77 bits per heavy atom. The minimum Gasteiger partial charge on any atom is -0.452 e. The fourth-order valence-corrected chi connectivity index (χ4v) is 3.81. The number of rotatable bonds is 6. The number of amides is 1. The van der Waals surface area contributed by atoms with E-state index in [2.05, 4.69) is 4.72 Å². The molecule has 1 aliphatic rings. The van der Waals surface area contributed by atoms with Gasteiger partial charge in [0.2, 0.25) is 10.0 Å². The van der Waals surface area contributed by atoms with E-state index < -0.39 is 22.6 Å². The molecular weight excluding hydrogens is 360 g/mol. The van der Waals surface area contributed by atoms with Gasteiger partial charge in [0.25, 0.3) is 5.91 Å². The summed E-state index contributed by atoms with van der Waals surface area (Å²) in [6.45, 7) is 6.22. The largest absolute Gasteiger partial charge is 0.452 e. The summed E-state index contributed by atoms with van der Waals surface area (Å²) in [6.07, 6.45) is -0.0567. The molecule has 1 fully saturated rings. The van der Waals surface area contributed by atoms with Crippen molar-refractivity contribution in [3.8, 4) is 0 Å². The van der Waals surface area contributed by atoms with E-state index in [-0.39, 0.29) is 28.5 Å². The minimum atomic E-state index is -3.72. The van der Waals surface area contributed by atoms with Gasteiger partial charge in [-0.1, -0.05) is 6.07 Å². The molecule has 1 aromatic rings. The number of hydrogen-bond donors (Lipinski definition) is 1. The number of nitrogens with zero attached hydrogens (tertiary/aromatic N) is 1. The molecule has 0 radical (unpaired) electrons. The third-order valence-corrected chi connectivity index (χ3v) is 5.35. The first-order valence-electron chi connectivity index (χ1n) is 8.38. The second-order valence-electron chi connectivity index (χ2n) is 6.40. The van der Waals surface area contributed by atoms with Gasteiger partial charge in [-0.15, -0.1) is 0 Å². The maximum absolute atomic E-state index is 12.2. The summed E-state index contributed by atoms with van der Waals surface area (Å²) in [6, 6.07) is 5.24. The van der Waals surface area contributed by atoms with Crippen molar-refractivity contribution < 1.29 is 27.5 Å². The second-order valence-corrected chi connectivity index (χ2v) is 8.12. The molecule has 0 saturated carbocycles. The van der Waals surface area contributed by atoms with Crippen LogP contribution >= 0.6 is 0 Å². The highest BCUT2D eigenvalue weighted by molar-refractivity contribution is 7.89. The molecule has 1 aromatic carbocycles. The van der Waals surface area contributed by atoms with Crippen LogP contribution in [-0.2, 0) is 24.3 Å². The molecule has 9 heteroatoms. The SMILES string of the molecule is CC(C)NS(=O)(=O)c1cccc(C(=O)OCC(=O)N2CCOC(C)C2)c1. The van der Waals surface area contributed by atoms with Crippen molar-refractivity contribution in [2.75, 3.05) is 26.3 Å². The van der Waals surface area contributed by atoms with Crippen molar-refractivity contribution in [1.82, 2.24) is 9.62 Å². The summed E-state index contributed by atoms with van der Waals surface area (Å²) >= 11 is 0. The van der Waals surface area contributed by atoms with Crippen molar-refractivity contribution in [3.05, 3.63) is 29.8 Å². The molecule has 1 N–H and O–H groups in total. The summed E-state index contributed by atoms with van der Waals surface area (Å²) in [5.74, 6) is -1.06. The van der Waals surface area contributed by atoms with Gasteiger partial charge in [0, 0.05) is 19.1 Å². The molecule has 0 aromatic heterocycles. The molecule has 0 spiro atoms. The molecule has 1 atom stereocenters. The van der Waals surface area contributed by atoms with E-state index in [1.165, 1.54) is 24.3 Å². The van der Waals surface area contributed by atoms with Crippen LogP contribution in [0.4, 0.5) is 0 Å². The summed E-state index contributed by atoms with van der Waals surface area (Å²) in [4.78, 5) is 25.8. The maximum Gasteiger partial charge on any atom is 0.338 e. The van der Waals surface area contributed by atoms with Crippen molar-refractivity contribution in [2.24, 2.45) is 0 Å². The van der Waals surface area contributed by atoms with Gasteiger partial charge < -0.3 is 14.4 Å². The number of hydrogen-bond acceptors (Lipinski definition) is 6. The summed E-state index contributed by atoms with van der Waals surface area (Å²) < 4.78 is 37.2. The second kappa shape index (κ2) is 8.61. The Hall–Kier alpha value is -1.97. The van der Waals surface area contributed by atoms with Crippen LogP contribution < -0.4 is 4.72 Å². The summed E-state index contributed by atoms with van der Waals surface area (Å²) in [7, 11) is -3.72. The third-order valence-electron chi connectivity index (χ3n) is 3.69. The lowest BCUT2D eigenvalue weighted by Gasteiger charge is -2.30. The summed E-state index contributed by atoms with van der Waals surface area (Å²) in [5, 5.41) is 0. The van der Waals surface area contributed by atoms with E-state index in [0.717, 1.165) is 0 Å². The van der Waals surface area contributed by atoms with E-state index in [0.29, 0.717) is 19.7 Å². The van der Waals surface area contributed by atoms with E-state index in [4.69, 9.17) is 9.47 Å². The standard InChI is InChI=1S/C17H24N2O6S/c1-12(2)18-26(22,23)15-6-4-5-14(9-15)17(21)25-11-16(20)19-7-8-24-13(3)10-19/h4-6,9,12-13,18H,7-8,10-11H2,1-3H3. The number of carbonyl (C=O) groups excluding carboxylic acids is 2. The van der Waals surface area contributed by atoms with Crippen LogP contribution in [0.2, 0.25) is 0 Å². The van der Waals surface area contributed by atoms with E-state index in [9.17, 15) is 18.0 Å². The number of sulfonamides is 1. The zero-order valence-electron chi connectivity index (χ0n) is 15.1. The number of benzene rings is 1. The van der Waals surface area contributed by atoms with Crippen LogP contribution in [0.3, 0.4) is 0 Å². The Kier molecular flexibility index (Phi) is 6.74. The molecule has 1 saturated heterocycles. The highest BCUT2D eigenvalue weighted by atomic mass is 32.2. The fourth-order valence-electron chi connectivity index (χ4n) is 2.52. The monoisotopic (exact) mass is 384 g/mol. The normalized spacial score (nSPS) is 18.0. The number of morpholine rings is 1. The first kappa shape index (κ1) is 20.3. The van der Waals surface area contributed by atoms with Crippen molar-refractivity contribution in [3.63, 3.8) is 0 Å². The third kappa shape index (κ3) is 5.52. The Morgan fingerprint density at radius 2 is 2.12 bits per heavy atom. The summed E-state index contributed by atoms with van der Waals surface area (Å²) in [5.41, 5.74) is 0.0692. The molecule has 8 nitrogen and oxygen atoms in total. The van der Waals surface area contributed by atoms with Crippen LogP contribution in [0.5, 0.6) is 0 Å². The molecule has 26 heavy (non-hydrogen) atoms. The number of carbonyl (C=O) groups is 2. The topological polar surface area (TPSA) is 102 Å². The molecule has 1 aliphatic heterocycles. The smallest absolute Gasteiger partial charge is 0.338 e. The molecular formula is C17H24N2O6S. The average Bonchev–Trinajstić information content (AvgIpc) is 2.58. The predicted octanol–water partition coefficient (Wildman–Crippen LogP) is 0.777. The molecule has 1 heterocycles. The van der Waals surface area contributed by atoms with Crippen LogP contribution in [0.15, 0.2) is 29.2 Å².